The van der Waals surface area contributed by atoms with E-state index in [1.54, 1.807) is 0 Å². The van der Waals surface area contributed by atoms with Gasteiger partial charge in [0.05, 0.1) is 10.9 Å². The van der Waals surface area contributed by atoms with Crippen LogP contribution in [-0.4, -0.2) is 76.1 Å². The molecule has 4 rings (SSSR count). The molecule has 8 heteroatoms. The zero-order valence-electron chi connectivity index (χ0n) is 16.7. The summed E-state index contributed by atoms with van der Waals surface area (Å²) in [5, 5.41) is 9.24. The van der Waals surface area contributed by atoms with Gasteiger partial charge in [-0.2, -0.15) is 0 Å². The molecule has 2 aromatic rings. The summed E-state index contributed by atoms with van der Waals surface area (Å²) >= 11 is 6.15. The molecule has 2 aliphatic heterocycles. The van der Waals surface area contributed by atoms with Gasteiger partial charge in [-0.15, -0.1) is 10.2 Å². The molecule has 0 aliphatic carbocycles. The minimum absolute atomic E-state index is 0.0249. The molecule has 1 unspecified atom stereocenters. The third-order valence-electron chi connectivity index (χ3n) is 5.71. The maximum absolute atomic E-state index is 13.1. The lowest BCUT2D eigenvalue weighted by atomic mass is 9.96. The molecule has 28 heavy (non-hydrogen) atoms. The summed E-state index contributed by atoms with van der Waals surface area (Å²) in [6, 6.07) is 3.68. The number of halogens is 1. The van der Waals surface area contributed by atoms with Crippen LogP contribution in [0.2, 0.25) is 5.02 Å². The number of carbonyl (C=O) groups is 1. The molecule has 1 atom stereocenters. The number of hydrogen-bond donors (Lipinski definition) is 0. The molecule has 0 N–H and O–H groups in total. The second-order valence-electron chi connectivity index (χ2n) is 8.38. The number of pyridine rings is 1. The maximum Gasteiger partial charge on any atom is 0.231 e. The Kier molecular flexibility index (Phi) is 5.73. The molecule has 0 saturated carbocycles. The van der Waals surface area contributed by atoms with Crippen LogP contribution in [0.1, 0.15) is 26.7 Å². The van der Waals surface area contributed by atoms with E-state index in [0.29, 0.717) is 23.4 Å². The molecule has 4 heterocycles. The van der Waals surface area contributed by atoms with E-state index >= 15 is 0 Å². The molecule has 2 fully saturated rings. The van der Waals surface area contributed by atoms with Gasteiger partial charge in [-0.3, -0.25) is 14.1 Å². The fraction of sp³-hybridized carbons (Fsp3) is 0.650. The Labute approximate surface area is 171 Å². The van der Waals surface area contributed by atoms with Crippen molar-refractivity contribution in [3.63, 3.8) is 0 Å². The lowest BCUT2D eigenvalue weighted by Gasteiger charge is -2.39. The smallest absolute Gasteiger partial charge is 0.231 e. The van der Waals surface area contributed by atoms with E-state index in [-0.39, 0.29) is 5.92 Å². The Morgan fingerprint density at radius 3 is 2.71 bits per heavy atom. The summed E-state index contributed by atoms with van der Waals surface area (Å²) in [7, 11) is 0. The molecule has 0 radical (unpaired) electrons. The van der Waals surface area contributed by atoms with Crippen LogP contribution in [-0.2, 0) is 4.79 Å². The average Bonchev–Trinajstić information content (AvgIpc) is 3.11. The Morgan fingerprint density at radius 2 is 1.96 bits per heavy atom. The van der Waals surface area contributed by atoms with E-state index in [9.17, 15) is 4.79 Å². The highest BCUT2D eigenvalue weighted by molar-refractivity contribution is 6.30. The van der Waals surface area contributed by atoms with Crippen molar-refractivity contribution >= 4 is 29.1 Å². The van der Waals surface area contributed by atoms with E-state index < -0.39 is 0 Å². The van der Waals surface area contributed by atoms with Crippen LogP contribution in [0.4, 0.5) is 5.95 Å². The van der Waals surface area contributed by atoms with Crippen molar-refractivity contribution in [2.45, 2.75) is 26.7 Å². The first kappa shape index (κ1) is 19.5. The number of anilines is 1. The standard InChI is InChI=1S/C20H29ClN6O/c1-15(2)12-24-8-10-25(11-9-24)19(28)16-4-3-7-26(13-16)20-23-22-18-6-5-17(21)14-27(18)20/h5-6,14-16H,3-4,7-13H2,1-2H3. The van der Waals surface area contributed by atoms with Crippen LogP contribution in [0.15, 0.2) is 18.3 Å². The van der Waals surface area contributed by atoms with Gasteiger partial charge in [0.15, 0.2) is 5.65 Å². The maximum atomic E-state index is 13.1. The van der Waals surface area contributed by atoms with Crippen molar-refractivity contribution < 1.29 is 4.79 Å². The van der Waals surface area contributed by atoms with E-state index in [4.69, 9.17) is 11.6 Å². The van der Waals surface area contributed by atoms with Gasteiger partial charge in [0.25, 0.3) is 0 Å². The molecule has 2 aromatic heterocycles. The number of fused-ring (bicyclic) bond motifs is 1. The Bertz CT molecular complexity index is 829. The van der Waals surface area contributed by atoms with Crippen molar-refractivity contribution in [2.75, 3.05) is 50.7 Å². The van der Waals surface area contributed by atoms with Gasteiger partial charge in [0, 0.05) is 52.0 Å². The fourth-order valence-electron chi connectivity index (χ4n) is 4.35. The van der Waals surface area contributed by atoms with Crippen molar-refractivity contribution in [3.05, 3.63) is 23.4 Å². The lowest BCUT2D eigenvalue weighted by molar-refractivity contribution is -0.137. The van der Waals surface area contributed by atoms with Crippen LogP contribution >= 0.6 is 11.6 Å². The highest BCUT2D eigenvalue weighted by atomic mass is 35.5. The average molecular weight is 405 g/mol. The number of hydrogen-bond acceptors (Lipinski definition) is 5. The molecule has 2 aliphatic rings. The van der Waals surface area contributed by atoms with E-state index in [2.05, 4.69) is 38.7 Å². The monoisotopic (exact) mass is 404 g/mol. The van der Waals surface area contributed by atoms with E-state index in [0.717, 1.165) is 63.7 Å². The molecule has 7 nitrogen and oxygen atoms in total. The summed E-state index contributed by atoms with van der Waals surface area (Å²) in [6.07, 6.45) is 3.77. The summed E-state index contributed by atoms with van der Waals surface area (Å²) in [5.41, 5.74) is 0.772. The Balaban J connectivity index is 1.41. The number of nitrogens with zero attached hydrogens (tertiary/aromatic N) is 6. The Hall–Kier alpha value is -1.86. The number of piperidine rings is 1. The number of piperazine rings is 1. The minimum Gasteiger partial charge on any atom is -0.340 e. The SMILES string of the molecule is CC(C)CN1CCN(C(=O)C2CCCN(c3nnc4ccc(Cl)cn34)C2)CC1. The summed E-state index contributed by atoms with van der Waals surface area (Å²) in [5.74, 6) is 1.76. The topological polar surface area (TPSA) is 57.0 Å². The summed E-state index contributed by atoms with van der Waals surface area (Å²) in [4.78, 5) is 19.8. The lowest BCUT2D eigenvalue weighted by Crippen LogP contribution is -2.53. The van der Waals surface area contributed by atoms with Gasteiger partial charge in [0.2, 0.25) is 11.9 Å². The van der Waals surface area contributed by atoms with Crippen molar-refractivity contribution in [1.82, 2.24) is 24.4 Å². The summed E-state index contributed by atoms with van der Waals surface area (Å²) in [6.45, 7) is 10.8. The third kappa shape index (κ3) is 4.10. The van der Waals surface area contributed by atoms with Crippen molar-refractivity contribution in [1.29, 1.82) is 0 Å². The quantitative estimate of drug-likeness (QED) is 0.783. The summed E-state index contributed by atoms with van der Waals surface area (Å²) < 4.78 is 1.92. The van der Waals surface area contributed by atoms with Gasteiger partial charge in [-0.1, -0.05) is 25.4 Å². The van der Waals surface area contributed by atoms with E-state index in [1.807, 2.05) is 22.7 Å². The Morgan fingerprint density at radius 1 is 1.18 bits per heavy atom. The zero-order chi connectivity index (χ0) is 19.7. The molecule has 0 spiro atoms. The number of rotatable bonds is 4. The highest BCUT2D eigenvalue weighted by Crippen LogP contribution is 2.25. The fourth-order valence-corrected chi connectivity index (χ4v) is 4.51. The van der Waals surface area contributed by atoms with Crippen molar-refractivity contribution in [3.8, 4) is 0 Å². The normalized spacial score (nSPS) is 21.6. The van der Waals surface area contributed by atoms with Gasteiger partial charge in [-0.25, -0.2) is 0 Å². The molecular formula is C20H29ClN6O. The first-order chi connectivity index (χ1) is 13.5. The molecule has 0 bridgehead atoms. The number of amides is 1. The predicted molar refractivity (Wildman–Crippen MR) is 111 cm³/mol. The molecular weight excluding hydrogens is 376 g/mol. The largest absolute Gasteiger partial charge is 0.340 e. The number of carbonyl (C=O) groups excluding carboxylic acids is 1. The number of aromatic nitrogens is 3. The zero-order valence-corrected chi connectivity index (χ0v) is 17.5. The van der Waals surface area contributed by atoms with Gasteiger partial charge in [-0.05, 0) is 30.9 Å². The van der Waals surface area contributed by atoms with Gasteiger partial charge >= 0.3 is 0 Å². The first-order valence-corrected chi connectivity index (χ1v) is 10.7. The molecule has 2 saturated heterocycles. The van der Waals surface area contributed by atoms with Crippen LogP contribution in [0.25, 0.3) is 5.65 Å². The van der Waals surface area contributed by atoms with Crippen molar-refractivity contribution in [2.24, 2.45) is 11.8 Å². The predicted octanol–water partition coefficient (Wildman–Crippen LogP) is 2.40. The highest BCUT2D eigenvalue weighted by Gasteiger charge is 2.32. The van der Waals surface area contributed by atoms with Crippen LogP contribution in [0, 0.1) is 11.8 Å². The molecule has 1 amide bonds. The van der Waals surface area contributed by atoms with Crippen LogP contribution in [0.3, 0.4) is 0 Å². The second kappa shape index (κ2) is 8.25. The minimum atomic E-state index is 0.0249. The second-order valence-corrected chi connectivity index (χ2v) is 8.82. The van der Waals surface area contributed by atoms with Crippen LogP contribution in [0.5, 0.6) is 0 Å². The van der Waals surface area contributed by atoms with Gasteiger partial charge < -0.3 is 9.80 Å². The first-order valence-electron chi connectivity index (χ1n) is 10.3. The molecule has 152 valence electrons. The third-order valence-corrected chi connectivity index (χ3v) is 5.93. The van der Waals surface area contributed by atoms with Gasteiger partial charge in [0.1, 0.15) is 0 Å². The van der Waals surface area contributed by atoms with Crippen LogP contribution < -0.4 is 4.90 Å². The van der Waals surface area contributed by atoms with E-state index in [1.165, 1.54) is 0 Å². The molecule has 0 aromatic carbocycles.